The minimum Gasteiger partial charge on any atom is -0.493 e. The van der Waals surface area contributed by atoms with E-state index in [1.165, 1.54) is 6.08 Å². The monoisotopic (exact) mass is 250 g/mol. The lowest BCUT2D eigenvalue weighted by Crippen LogP contribution is -2.10. The Bertz CT molecular complexity index is 437. The Hall–Kier alpha value is -1.97. The van der Waals surface area contributed by atoms with Crippen LogP contribution in [-0.2, 0) is 4.79 Å². The molecule has 1 rings (SSSR count). The summed E-state index contributed by atoms with van der Waals surface area (Å²) in [6.45, 7) is 4.03. The van der Waals surface area contributed by atoms with Crippen molar-refractivity contribution in [2.45, 2.75) is 26.4 Å². The van der Waals surface area contributed by atoms with Crippen LogP contribution < -0.4 is 9.47 Å². The first-order valence-corrected chi connectivity index (χ1v) is 5.82. The molecule has 4 heteroatoms. The van der Waals surface area contributed by atoms with Crippen LogP contribution >= 0.6 is 0 Å². The van der Waals surface area contributed by atoms with E-state index in [1.54, 1.807) is 25.3 Å². The molecule has 0 radical (unpaired) electrons. The fourth-order valence-corrected chi connectivity index (χ4v) is 1.35. The number of ether oxygens (including phenoxy) is 2. The van der Waals surface area contributed by atoms with Crippen molar-refractivity contribution in [2.24, 2.45) is 0 Å². The molecular formula is C14H18O4. The highest BCUT2D eigenvalue weighted by atomic mass is 16.5. The van der Waals surface area contributed by atoms with Gasteiger partial charge in [0.1, 0.15) is 0 Å². The molecule has 18 heavy (non-hydrogen) atoms. The number of hydrogen-bond donors (Lipinski definition) is 1. The van der Waals surface area contributed by atoms with Crippen LogP contribution in [0, 0.1) is 0 Å². The van der Waals surface area contributed by atoms with Crippen molar-refractivity contribution >= 4 is 12.0 Å². The van der Waals surface area contributed by atoms with Gasteiger partial charge < -0.3 is 14.6 Å². The van der Waals surface area contributed by atoms with Gasteiger partial charge >= 0.3 is 5.97 Å². The van der Waals surface area contributed by atoms with E-state index in [2.05, 4.69) is 0 Å². The Morgan fingerprint density at radius 2 is 2.17 bits per heavy atom. The van der Waals surface area contributed by atoms with Crippen LogP contribution in [0.15, 0.2) is 24.3 Å². The highest BCUT2D eigenvalue weighted by Gasteiger charge is 2.08. The van der Waals surface area contributed by atoms with Crippen LogP contribution in [0.2, 0.25) is 0 Å². The van der Waals surface area contributed by atoms with Gasteiger partial charge in [0.05, 0.1) is 13.2 Å². The van der Waals surface area contributed by atoms with Crippen molar-refractivity contribution in [1.82, 2.24) is 0 Å². The molecule has 1 atom stereocenters. The second kappa shape index (κ2) is 6.69. The van der Waals surface area contributed by atoms with E-state index in [9.17, 15) is 4.79 Å². The number of carbonyl (C=O) groups is 1. The van der Waals surface area contributed by atoms with Gasteiger partial charge in [-0.25, -0.2) is 4.79 Å². The lowest BCUT2D eigenvalue weighted by Gasteiger charge is -2.15. The summed E-state index contributed by atoms with van der Waals surface area (Å²) < 4.78 is 10.9. The summed E-state index contributed by atoms with van der Waals surface area (Å²) in [4.78, 5) is 10.4. The number of carboxylic acid groups (broad SMARTS) is 1. The van der Waals surface area contributed by atoms with E-state index < -0.39 is 5.97 Å². The van der Waals surface area contributed by atoms with Crippen molar-refractivity contribution in [3.63, 3.8) is 0 Å². The summed E-state index contributed by atoms with van der Waals surface area (Å²) in [6.07, 6.45) is 3.62. The topological polar surface area (TPSA) is 55.8 Å². The first-order valence-electron chi connectivity index (χ1n) is 5.82. The molecular weight excluding hydrogens is 232 g/mol. The predicted octanol–water partition coefficient (Wildman–Crippen LogP) is 2.97. The molecule has 0 aliphatic rings. The first kappa shape index (κ1) is 14.1. The molecule has 0 aromatic heterocycles. The average Bonchev–Trinajstić information content (AvgIpc) is 2.37. The summed E-state index contributed by atoms with van der Waals surface area (Å²) in [5.74, 6) is 0.288. The highest BCUT2D eigenvalue weighted by molar-refractivity contribution is 5.85. The lowest BCUT2D eigenvalue weighted by molar-refractivity contribution is -0.131. The van der Waals surface area contributed by atoms with Gasteiger partial charge in [-0.1, -0.05) is 13.0 Å². The maximum absolute atomic E-state index is 10.4. The summed E-state index contributed by atoms with van der Waals surface area (Å²) in [5.41, 5.74) is 0.755. The van der Waals surface area contributed by atoms with Crippen LogP contribution in [0.25, 0.3) is 6.08 Å². The van der Waals surface area contributed by atoms with Crippen molar-refractivity contribution in [3.05, 3.63) is 29.8 Å². The molecule has 4 nitrogen and oxygen atoms in total. The van der Waals surface area contributed by atoms with Gasteiger partial charge in [0, 0.05) is 6.08 Å². The van der Waals surface area contributed by atoms with Crippen LogP contribution in [0.3, 0.4) is 0 Å². The Balaban J connectivity index is 2.92. The number of aliphatic carboxylic acids is 1. The molecule has 1 aromatic carbocycles. The summed E-state index contributed by atoms with van der Waals surface area (Å²) in [6, 6.07) is 5.32. The molecule has 1 N–H and O–H groups in total. The Morgan fingerprint density at radius 3 is 2.72 bits per heavy atom. The zero-order chi connectivity index (χ0) is 13.5. The van der Waals surface area contributed by atoms with Gasteiger partial charge in [-0.2, -0.15) is 0 Å². The molecule has 0 aliphatic carbocycles. The smallest absolute Gasteiger partial charge is 0.328 e. The molecule has 1 aromatic rings. The number of methoxy groups -OCH3 is 1. The molecule has 1 unspecified atom stereocenters. The third-order valence-electron chi connectivity index (χ3n) is 2.51. The zero-order valence-corrected chi connectivity index (χ0v) is 10.8. The lowest BCUT2D eigenvalue weighted by atomic mass is 10.2. The van der Waals surface area contributed by atoms with Crippen LogP contribution in [0.4, 0.5) is 0 Å². The minimum atomic E-state index is -0.978. The third kappa shape index (κ3) is 4.13. The van der Waals surface area contributed by atoms with Crippen molar-refractivity contribution in [1.29, 1.82) is 0 Å². The summed E-state index contributed by atoms with van der Waals surface area (Å²) in [5, 5.41) is 8.56. The molecule has 0 fully saturated rings. The highest BCUT2D eigenvalue weighted by Crippen LogP contribution is 2.29. The number of rotatable bonds is 6. The molecule has 0 bridgehead atoms. The number of carboxylic acids is 1. The van der Waals surface area contributed by atoms with Crippen LogP contribution in [0.1, 0.15) is 25.8 Å². The van der Waals surface area contributed by atoms with E-state index in [0.29, 0.717) is 11.5 Å². The predicted molar refractivity (Wildman–Crippen MR) is 70.0 cm³/mol. The SMILES string of the molecule is CCC(C)Oc1ccc(/C=C/C(=O)O)cc1OC. The Morgan fingerprint density at radius 1 is 1.44 bits per heavy atom. The van der Waals surface area contributed by atoms with Gasteiger partial charge in [-0.15, -0.1) is 0 Å². The van der Waals surface area contributed by atoms with E-state index in [1.807, 2.05) is 13.8 Å². The first-order chi connectivity index (χ1) is 8.56. The van der Waals surface area contributed by atoms with Crippen molar-refractivity contribution in [2.75, 3.05) is 7.11 Å². The quantitative estimate of drug-likeness (QED) is 0.788. The molecule has 0 amide bonds. The van der Waals surface area contributed by atoms with Crippen molar-refractivity contribution in [3.8, 4) is 11.5 Å². The maximum Gasteiger partial charge on any atom is 0.328 e. The summed E-state index contributed by atoms with van der Waals surface area (Å²) in [7, 11) is 1.56. The fraction of sp³-hybridized carbons (Fsp3) is 0.357. The molecule has 0 spiro atoms. The van der Waals surface area contributed by atoms with Gasteiger partial charge in [0.25, 0.3) is 0 Å². The second-order valence-corrected chi connectivity index (χ2v) is 3.92. The Labute approximate surface area is 107 Å². The molecule has 0 saturated heterocycles. The van der Waals surface area contributed by atoms with Gasteiger partial charge in [-0.3, -0.25) is 0 Å². The zero-order valence-electron chi connectivity index (χ0n) is 10.8. The van der Waals surface area contributed by atoms with E-state index in [-0.39, 0.29) is 6.10 Å². The van der Waals surface area contributed by atoms with Crippen LogP contribution in [0.5, 0.6) is 11.5 Å². The Kier molecular flexibility index (Phi) is 5.24. The van der Waals surface area contributed by atoms with Crippen LogP contribution in [-0.4, -0.2) is 24.3 Å². The van der Waals surface area contributed by atoms with E-state index >= 15 is 0 Å². The average molecular weight is 250 g/mol. The van der Waals surface area contributed by atoms with Gasteiger partial charge in [-0.05, 0) is 37.1 Å². The van der Waals surface area contributed by atoms with E-state index in [4.69, 9.17) is 14.6 Å². The molecule has 98 valence electrons. The standard InChI is InChI=1S/C14H18O4/c1-4-10(2)18-12-7-5-11(6-8-14(15)16)9-13(12)17-3/h5-10H,4H2,1-3H3,(H,15,16)/b8-6+. The molecule has 0 heterocycles. The number of hydrogen-bond acceptors (Lipinski definition) is 3. The van der Waals surface area contributed by atoms with Gasteiger partial charge in [0.15, 0.2) is 11.5 Å². The molecule has 0 saturated carbocycles. The third-order valence-corrected chi connectivity index (χ3v) is 2.51. The largest absolute Gasteiger partial charge is 0.493 e. The maximum atomic E-state index is 10.4. The number of benzene rings is 1. The second-order valence-electron chi connectivity index (χ2n) is 3.92. The normalized spacial score (nSPS) is 12.4. The fourth-order valence-electron chi connectivity index (χ4n) is 1.35. The van der Waals surface area contributed by atoms with Gasteiger partial charge in [0.2, 0.25) is 0 Å². The molecule has 0 aliphatic heterocycles. The summed E-state index contributed by atoms with van der Waals surface area (Å²) >= 11 is 0. The minimum absolute atomic E-state index is 0.110. The van der Waals surface area contributed by atoms with E-state index in [0.717, 1.165) is 18.1 Å². The van der Waals surface area contributed by atoms with Crippen molar-refractivity contribution < 1.29 is 19.4 Å².